The lowest BCUT2D eigenvalue weighted by atomic mass is 9.85. The minimum atomic E-state index is -0.0890. The lowest BCUT2D eigenvalue weighted by molar-refractivity contribution is -0.117. The molecule has 1 aromatic heterocycles. The molecule has 1 aliphatic carbocycles. The Bertz CT molecular complexity index is 466. The molecule has 102 valence electrons. The van der Waals surface area contributed by atoms with Gasteiger partial charge in [-0.15, -0.1) is 0 Å². The van der Waals surface area contributed by atoms with Gasteiger partial charge in [0.1, 0.15) is 11.0 Å². The van der Waals surface area contributed by atoms with Crippen molar-refractivity contribution in [3.8, 4) is 0 Å². The van der Waals surface area contributed by atoms with Gasteiger partial charge in [-0.3, -0.25) is 4.79 Å². The molecular weight excluding hydrogens is 262 g/mol. The number of aromatic nitrogens is 1. The van der Waals surface area contributed by atoms with Crippen molar-refractivity contribution in [1.82, 2.24) is 10.3 Å². The standard InChI is InChI=1S/C14H18ClN3O/c15-12-6-3-7-13(17-12)18-14(19)11-8-9-4-1-2-5-10(9)16-11/h3,6-7,9-11,16H,1-2,4-5,8H2,(H,17,18,19). The summed E-state index contributed by atoms with van der Waals surface area (Å²) >= 11 is 5.81. The molecule has 1 aromatic rings. The molecule has 4 nitrogen and oxygen atoms in total. The van der Waals surface area contributed by atoms with Crippen LogP contribution in [0.5, 0.6) is 0 Å². The summed E-state index contributed by atoms with van der Waals surface area (Å²) in [6.07, 6.45) is 5.96. The van der Waals surface area contributed by atoms with Crippen molar-refractivity contribution >= 4 is 23.3 Å². The molecular formula is C14H18ClN3O. The van der Waals surface area contributed by atoms with Crippen LogP contribution in [0.3, 0.4) is 0 Å². The van der Waals surface area contributed by atoms with Crippen LogP contribution < -0.4 is 10.6 Å². The van der Waals surface area contributed by atoms with Gasteiger partial charge in [0.15, 0.2) is 0 Å². The summed E-state index contributed by atoms with van der Waals surface area (Å²) in [5.41, 5.74) is 0. The summed E-state index contributed by atoms with van der Waals surface area (Å²) in [5, 5.41) is 6.69. The van der Waals surface area contributed by atoms with E-state index in [9.17, 15) is 4.79 Å². The average Bonchev–Trinajstić information content (AvgIpc) is 2.82. The minimum Gasteiger partial charge on any atom is -0.309 e. The highest BCUT2D eigenvalue weighted by Gasteiger charge is 2.38. The van der Waals surface area contributed by atoms with Gasteiger partial charge >= 0.3 is 0 Å². The predicted octanol–water partition coefficient (Wildman–Crippen LogP) is 2.59. The number of nitrogens with zero attached hydrogens (tertiary/aromatic N) is 1. The first-order valence-corrected chi connectivity index (χ1v) is 7.29. The average molecular weight is 280 g/mol. The zero-order valence-electron chi connectivity index (χ0n) is 10.7. The van der Waals surface area contributed by atoms with E-state index >= 15 is 0 Å². The summed E-state index contributed by atoms with van der Waals surface area (Å²) < 4.78 is 0. The highest BCUT2D eigenvalue weighted by molar-refractivity contribution is 6.29. The van der Waals surface area contributed by atoms with E-state index in [1.807, 2.05) is 0 Å². The van der Waals surface area contributed by atoms with Crippen LogP contribution in [0.1, 0.15) is 32.1 Å². The lowest BCUT2D eigenvalue weighted by Gasteiger charge is -2.24. The molecule has 0 bridgehead atoms. The Kier molecular flexibility index (Phi) is 3.71. The monoisotopic (exact) mass is 279 g/mol. The number of anilines is 1. The third-order valence-corrected chi connectivity index (χ3v) is 4.36. The van der Waals surface area contributed by atoms with E-state index in [0.717, 1.165) is 6.42 Å². The Morgan fingerprint density at radius 2 is 2.21 bits per heavy atom. The number of fused-ring (bicyclic) bond motifs is 1. The normalized spacial score (nSPS) is 29.8. The number of hydrogen-bond acceptors (Lipinski definition) is 3. The molecule has 2 N–H and O–H groups in total. The van der Waals surface area contributed by atoms with Crippen molar-refractivity contribution in [3.63, 3.8) is 0 Å². The molecule has 1 saturated heterocycles. The molecule has 2 aliphatic rings. The number of carbonyl (C=O) groups excluding carboxylic acids is 1. The maximum atomic E-state index is 12.2. The van der Waals surface area contributed by atoms with Crippen LogP contribution in [0.25, 0.3) is 0 Å². The van der Waals surface area contributed by atoms with Gasteiger partial charge in [0, 0.05) is 6.04 Å². The molecule has 3 rings (SSSR count). The second kappa shape index (κ2) is 5.47. The number of nitrogens with one attached hydrogen (secondary N) is 2. The molecule has 1 amide bonds. The van der Waals surface area contributed by atoms with Crippen LogP contribution in [0.2, 0.25) is 5.15 Å². The van der Waals surface area contributed by atoms with Crippen molar-refractivity contribution in [1.29, 1.82) is 0 Å². The zero-order chi connectivity index (χ0) is 13.2. The Labute approximate surface area is 117 Å². The largest absolute Gasteiger partial charge is 0.309 e. The predicted molar refractivity (Wildman–Crippen MR) is 75.2 cm³/mol. The third-order valence-electron chi connectivity index (χ3n) is 4.15. The molecule has 1 saturated carbocycles. The molecule has 3 unspecified atom stereocenters. The van der Waals surface area contributed by atoms with E-state index in [0.29, 0.717) is 22.9 Å². The van der Waals surface area contributed by atoms with Crippen LogP contribution in [-0.2, 0) is 4.79 Å². The fraction of sp³-hybridized carbons (Fsp3) is 0.571. The summed E-state index contributed by atoms with van der Waals surface area (Å²) in [6, 6.07) is 5.67. The highest BCUT2D eigenvalue weighted by atomic mass is 35.5. The number of halogens is 1. The first-order chi connectivity index (χ1) is 9.22. The van der Waals surface area contributed by atoms with E-state index < -0.39 is 0 Å². The molecule has 3 atom stereocenters. The lowest BCUT2D eigenvalue weighted by Crippen LogP contribution is -2.40. The van der Waals surface area contributed by atoms with E-state index in [1.54, 1.807) is 18.2 Å². The first-order valence-electron chi connectivity index (χ1n) is 6.92. The second-order valence-electron chi connectivity index (χ2n) is 5.44. The van der Waals surface area contributed by atoms with Gasteiger partial charge in [0.05, 0.1) is 6.04 Å². The highest BCUT2D eigenvalue weighted by Crippen LogP contribution is 2.33. The fourth-order valence-corrected chi connectivity index (χ4v) is 3.38. The van der Waals surface area contributed by atoms with Crippen molar-refractivity contribution < 1.29 is 4.79 Å². The number of amides is 1. The fourth-order valence-electron chi connectivity index (χ4n) is 3.21. The van der Waals surface area contributed by atoms with Crippen molar-refractivity contribution in [3.05, 3.63) is 23.4 Å². The van der Waals surface area contributed by atoms with Gasteiger partial charge in [-0.1, -0.05) is 30.5 Å². The van der Waals surface area contributed by atoms with Crippen LogP contribution in [-0.4, -0.2) is 23.0 Å². The smallest absolute Gasteiger partial charge is 0.242 e. The summed E-state index contributed by atoms with van der Waals surface area (Å²) in [6.45, 7) is 0. The molecule has 19 heavy (non-hydrogen) atoms. The minimum absolute atomic E-state index is 0.00386. The Balaban J connectivity index is 1.62. The molecule has 2 fully saturated rings. The van der Waals surface area contributed by atoms with E-state index in [2.05, 4.69) is 15.6 Å². The maximum absolute atomic E-state index is 12.2. The van der Waals surface area contributed by atoms with Crippen molar-refractivity contribution in [2.24, 2.45) is 5.92 Å². The molecule has 5 heteroatoms. The molecule has 2 heterocycles. The Morgan fingerprint density at radius 3 is 3.00 bits per heavy atom. The number of carbonyl (C=O) groups is 1. The maximum Gasteiger partial charge on any atom is 0.242 e. The van der Waals surface area contributed by atoms with Gasteiger partial charge in [0.25, 0.3) is 0 Å². The molecule has 0 spiro atoms. The number of pyridine rings is 1. The second-order valence-corrected chi connectivity index (χ2v) is 5.83. The quantitative estimate of drug-likeness (QED) is 0.818. The molecule has 0 aromatic carbocycles. The van der Waals surface area contributed by atoms with Crippen molar-refractivity contribution in [2.45, 2.75) is 44.2 Å². The summed E-state index contributed by atoms with van der Waals surface area (Å²) in [7, 11) is 0. The number of hydrogen-bond donors (Lipinski definition) is 2. The van der Waals surface area contributed by atoms with Gasteiger partial charge in [-0.05, 0) is 37.3 Å². The Hall–Kier alpha value is -1.13. The third kappa shape index (κ3) is 2.90. The van der Waals surface area contributed by atoms with Gasteiger partial charge in [-0.2, -0.15) is 0 Å². The first kappa shape index (κ1) is 12.9. The number of rotatable bonds is 2. The van der Waals surface area contributed by atoms with Crippen molar-refractivity contribution in [2.75, 3.05) is 5.32 Å². The molecule has 0 radical (unpaired) electrons. The Morgan fingerprint density at radius 1 is 1.37 bits per heavy atom. The van der Waals surface area contributed by atoms with Crippen LogP contribution >= 0.6 is 11.6 Å². The zero-order valence-corrected chi connectivity index (χ0v) is 11.5. The van der Waals surface area contributed by atoms with E-state index in [4.69, 9.17) is 11.6 Å². The van der Waals surface area contributed by atoms with Gasteiger partial charge in [0.2, 0.25) is 5.91 Å². The van der Waals surface area contributed by atoms with Gasteiger partial charge in [-0.25, -0.2) is 4.98 Å². The van der Waals surface area contributed by atoms with E-state index in [1.165, 1.54) is 25.7 Å². The SMILES string of the molecule is O=C(Nc1cccc(Cl)n1)C1CC2CCCCC2N1. The summed E-state index contributed by atoms with van der Waals surface area (Å²) in [4.78, 5) is 16.3. The van der Waals surface area contributed by atoms with Crippen LogP contribution in [0, 0.1) is 5.92 Å². The summed E-state index contributed by atoms with van der Waals surface area (Å²) in [5.74, 6) is 1.19. The topological polar surface area (TPSA) is 54.0 Å². The van der Waals surface area contributed by atoms with Gasteiger partial charge < -0.3 is 10.6 Å². The van der Waals surface area contributed by atoms with E-state index in [-0.39, 0.29) is 11.9 Å². The van der Waals surface area contributed by atoms with Crippen LogP contribution in [0.15, 0.2) is 18.2 Å². The van der Waals surface area contributed by atoms with Crippen LogP contribution in [0.4, 0.5) is 5.82 Å². The molecule has 1 aliphatic heterocycles.